The van der Waals surface area contributed by atoms with Gasteiger partial charge in [-0.1, -0.05) is 25.7 Å². The molecule has 3 N–H and O–H groups in total. The van der Waals surface area contributed by atoms with Crippen LogP contribution in [0.5, 0.6) is 0 Å². The van der Waals surface area contributed by atoms with Gasteiger partial charge in [0.15, 0.2) is 11.6 Å². The van der Waals surface area contributed by atoms with E-state index in [2.05, 4.69) is 25.3 Å². The SMILES string of the molecule is CN(C)C(=O)c1c(F)c2cnc(Cl)nc2n1C1CCCC1.CN(C)C(=O)c1c(F)c2cnc(Nc3ccc(N4CCOCC4)c(F)c3)nc2n1C1CCCC1.Nc1ccc(N2CCOCC2)c(F)c1. The molecule has 10 rings (SSSR count). The van der Waals surface area contributed by atoms with E-state index in [9.17, 15) is 22.8 Å². The van der Waals surface area contributed by atoms with E-state index >= 15 is 4.39 Å². The van der Waals surface area contributed by atoms with Gasteiger partial charge < -0.3 is 49.3 Å². The minimum absolute atomic E-state index is 0.00102. The molecule has 69 heavy (non-hydrogen) atoms. The number of hydrogen-bond donors (Lipinski definition) is 2. The molecule has 2 aliphatic heterocycles. The van der Waals surface area contributed by atoms with Gasteiger partial charge in [0, 0.05) is 90.2 Å². The van der Waals surface area contributed by atoms with Gasteiger partial charge in [-0.05, 0) is 73.7 Å². The first-order chi connectivity index (χ1) is 33.2. The molecule has 4 aliphatic rings. The fraction of sp³-hybridized carbons (Fsp3) is 0.458. The summed E-state index contributed by atoms with van der Waals surface area (Å²) in [7, 11) is 6.42. The van der Waals surface area contributed by atoms with Gasteiger partial charge in [0.1, 0.15) is 34.3 Å². The molecule has 2 aliphatic carbocycles. The molecule has 2 amide bonds. The lowest BCUT2D eigenvalue weighted by atomic mass is 10.2. The number of hydrogen-bond acceptors (Lipinski definition) is 12. The summed E-state index contributed by atoms with van der Waals surface area (Å²) < 4.78 is 72.3. The van der Waals surface area contributed by atoms with Crippen LogP contribution in [-0.2, 0) is 9.47 Å². The zero-order valence-electron chi connectivity index (χ0n) is 39.2. The van der Waals surface area contributed by atoms with E-state index in [-0.39, 0.29) is 63.0 Å². The second kappa shape index (κ2) is 21.6. The number of anilines is 5. The normalized spacial score (nSPS) is 16.6. The molecule has 0 radical (unpaired) electrons. The Labute approximate surface area is 402 Å². The molecule has 4 fully saturated rings. The van der Waals surface area contributed by atoms with Gasteiger partial charge in [-0.25, -0.2) is 27.5 Å². The fourth-order valence-corrected chi connectivity index (χ4v) is 9.48. The molecule has 6 heterocycles. The number of nitrogens with two attached hydrogens (primary N) is 1. The molecule has 2 saturated heterocycles. The average Bonchev–Trinajstić information content (AvgIpc) is 4.17. The third-order valence-electron chi connectivity index (χ3n) is 12.8. The lowest BCUT2D eigenvalue weighted by Crippen LogP contribution is -2.36. The van der Waals surface area contributed by atoms with E-state index in [4.69, 9.17) is 26.8 Å². The molecule has 0 atom stereocenters. The minimum atomic E-state index is -0.604. The molecule has 2 saturated carbocycles. The molecule has 0 unspecified atom stereocenters. The van der Waals surface area contributed by atoms with Gasteiger partial charge in [0.25, 0.3) is 11.8 Å². The maximum Gasteiger partial charge on any atom is 0.273 e. The summed E-state index contributed by atoms with van der Waals surface area (Å²) in [6.07, 6.45) is 10.5. The Kier molecular flexibility index (Phi) is 15.4. The van der Waals surface area contributed by atoms with Crippen LogP contribution in [0, 0.1) is 23.3 Å². The third-order valence-corrected chi connectivity index (χ3v) is 13.0. The second-order valence-electron chi connectivity index (χ2n) is 17.8. The monoisotopic (exact) mass is 976 g/mol. The first-order valence-corrected chi connectivity index (χ1v) is 23.6. The number of nitrogens with zero attached hydrogens (tertiary/aromatic N) is 10. The van der Waals surface area contributed by atoms with Crippen LogP contribution >= 0.6 is 11.6 Å². The number of fused-ring (bicyclic) bond motifs is 2. The fourth-order valence-electron chi connectivity index (χ4n) is 9.35. The van der Waals surface area contributed by atoms with Crippen LogP contribution in [0.15, 0.2) is 48.8 Å². The number of carbonyl (C=O) groups is 2. The van der Waals surface area contributed by atoms with Crippen LogP contribution in [0.4, 0.5) is 46.3 Å². The van der Waals surface area contributed by atoms with Gasteiger partial charge in [0.2, 0.25) is 11.2 Å². The number of amides is 2. The number of nitrogen functional groups attached to an aromatic ring is 1. The summed E-state index contributed by atoms with van der Waals surface area (Å²) in [5, 5.41) is 3.54. The molecule has 6 aromatic rings. The summed E-state index contributed by atoms with van der Waals surface area (Å²) >= 11 is 5.85. The molecule has 21 heteroatoms. The molecule has 0 bridgehead atoms. The summed E-state index contributed by atoms with van der Waals surface area (Å²) in [5.41, 5.74) is 8.40. The van der Waals surface area contributed by atoms with Crippen LogP contribution in [0.25, 0.3) is 22.1 Å². The summed E-state index contributed by atoms with van der Waals surface area (Å²) in [5.74, 6) is -2.34. The Bertz CT molecular complexity index is 2800. The first kappa shape index (κ1) is 49.2. The van der Waals surface area contributed by atoms with E-state index in [0.717, 1.165) is 64.5 Å². The topological polar surface area (TPSA) is 165 Å². The maximum absolute atomic E-state index is 15.4. The highest BCUT2D eigenvalue weighted by atomic mass is 35.5. The highest BCUT2D eigenvalue weighted by Crippen LogP contribution is 2.38. The largest absolute Gasteiger partial charge is 0.399 e. The van der Waals surface area contributed by atoms with Crippen LogP contribution < -0.4 is 20.9 Å². The standard InChI is InChI=1S/C24H28F2N6O2.C14H16ClFN4O.C10H13FN2O/c1-30(2)23(33)21-20(26)17-14-27-24(29-22(17)32(21)16-5-3-4-6-16)28-15-7-8-19(18(25)13-15)31-9-11-34-12-10-31;1-19(2)13(21)11-10(16)9-7-17-14(15)18-12(9)20(11)8-5-3-4-6-8;11-9-7-8(12)1-2-10(9)13-3-5-14-6-4-13/h7-8,13-14,16H,3-6,9-12H2,1-2H3,(H,27,28,29);7-8H,3-6H2,1-2H3;1-2,7H,3-6,12H2. The molecule has 368 valence electrons. The van der Waals surface area contributed by atoms with E-state index in [0.29, 0.717) is 73.6 Å². The van der Waals surface area contributed by atoms with Crippen LogP contribution in [0.2, 0.25) is 5.28 Å². The van der Waals surface area contributed by atoms with Crippen molar-refractivity contribution in [2.45, 2.75) is 63.5 Å². The van der Waals surface area contributed by atoms with Crippen molar-refractivity contribution >= 4 is 74.2 Å². The Morgan fingerprint density at radius 3 is 1.58 bits per heavy atom. The van der Waals surface area contributed by atoms with Crippen molar-refractivity contribution in [3.05, 3.63) is 88.7 Å². The second-order valence-corrected chi connectivity index (χ2v) is 18.2. The molecule has 0 spiro atoms. The van der Waals surface area contributed by atoms with Gasteiger partial charge in [-0.2, -0.15) is 9.97 Å². The van der Waals surface area contributed by atoms with E-state index in [1.165, 1.54) is 34.3 Å². The van der Waals surface area contributed by atoms with Gasteiger partial charge in [-0.3, -0.25) is 9.59 Å². The zero-order valence-corrected chi connectivity index (χ0v) is 39.9. The Hall–Kier alpha value is -6.25. The van der Waals surface area contributed by atoms with E-state index < -0.39 is 17.5 Å². The molecular formula is C48H57ClF4N12O4. The highest BCUT2D eigenvalue weighted by Gasteiger charge is 2.33. The average molecular weight is 978 g/mol. The van der Waals surface area contributed by atoms with Crippen molar-refractivity contribution < 1.29 is 36.6 Å². The smallest absolute Gasteiger partial charge is 0.273 e. The Morgan fingerprint density at radius 2 is 1.12 bits per heavy atom. The molecule has 2 aromatic carbocycles. The van der Waals surface area contributed by atoms with Gasteiger partial charge >= 0.3 is 0 Å². The van der Waals surface area contributed by atoms with Crippen molar-refractivity contribution in [3.8, 4) is 0 Å². The molecule has 4 aromatic heterocycles. The molecule has 16 nitrogen and oxygen atoms in total. The lowest BCUT2D eigenvalue weighted by molar-refractivity contribution is 0.0803. The van der Waals surface area contributed by atoms with Crippen molar-refractivity contribution in [1.29, 1.82) is 0 Å². The molecular weight excluding hydrogens is 920 g/mol. The van der Waals surface area contributed by atoms with Crippen LogP contribution in [0.1, 0.15) is 84.4 Å². The van der Waals surface area contributed by atoms with E-state index in [1.807, 2.05) is 9.80 Å². The quantitative estimate of drug-likeness (QED) is 0.0852. The van der Waals surface area contributed by atoms with Gasteiger partial charge in [-0.15, -0.1) is 0 Å². The van der Waals surface area contributed by atoms with E-state index in [1.54, 1.807) is 61.6 Å². The number of morpholine rings is 2. The number of aromatic nitrogens is 6. The van der Waals surface area contributed by atoms with Crippen molar-refractivity contribution in [2.75, 3.05) is 102 Å². The summed E-state index contributed by atoms with van der Waals surface area (Å²) in [6, 6.07) is 9.75. The minimum Gasteiger partial charge on any atom is -0.399 e. The third kappa shape index (κ3) is 10.7. The van der Waals surface area contributed by atoms with Crippen LogP contribution in [-0.4, -0.2) is 131 Å². The van der Waals surface area contributed by atoms with Crippen molar-refractivity contribution in [3.63, 3.8) is 0 Å². The number of benzene rings is 2. The number of carbonyl (C=O) groups excluding carboxylic acids is 2. The summed E-state index contributed by atoms with van der Waals surface area (Å²) in [6.45, 7) is 5.21. The zero-order chi connectivity index (χ0) is 48.9. The number of ether oxygens (including phenoxy) is 2. The predicted octanol–water partition coefficient (Wildman–Crippen LogP) is 8.39. The maximum atomic E-state index is 15.4. The number of nitrogens with one attached hydrogen (secondary N) is 1. The van der Waals surface area contributed by atoms with Crippen LogP contribution in [0.3, 0.4) is 0 Å². The number of rotatable bonds is 8. The van der Waals surface area contributed by atoms with Gasteiger partial charge in [0.05, 0.1) is 48.6 Å². The Morgan fingerprint density at radius 1 is 0.667 bits per heavy atom. The van der Waals surface area contributed by atoms with Crippen molar-refractivity contribution in [1.82, 2.24) is 38.9 Å². The first-order valence-electron chi connectivity index (χ1n) is 23.2. The Balaban J connectivity index is 0.000000155. The van der Waals surface area contributed by atoms with Crippen molar-refractivity contribution in [2.24, 2.45) is 0 Å². The lowest BCUT2D eigenvalue weighted by Gasteiger charge is -2.29. The number of halogens is 5. The highest BCUT2D eigenvalue weighted by molar-refractivity contribution is 6.28. The predicted molar refractivity (Wildman–Crippen MR) is 258 cm³/mol. The summed E-state index contributed by atoms with van der Waals surface area (Å²) in [4.78, 5) is 48.7.